The Balaban J connectivity index is 2.65. The number of halogens is 4. The maximum Gasteiger partial charge on any atom is 0.404 e. The van der Waals surface area contributed by atoms with Crippen LogP contribution in [0.3, 0.4) is 0 Å². The predicted molar refractivity (Wildman–Crippen MR) is 47.5 cm³/mol. The average Bonchev–Trinajstić information content (AvgIpc) is 2.07. The second-order valence-electron chi connectivity index (χ2n) is 2.67. The van der Waals surface area contributed by atoms with E-state index in [1.165, 1.54) is 12.4 Å². The Morgan fingerprint density at radius 2 is 1.86 bits per heavy atom. The van der Waals surface area contributed by atoms with E-state index >= 15 is 0 Å². The summed E-state index contributed by atoms with van der Waals surface area (Å²) in [4.78, 5) is 7.39. The number of nitrogens with zero attached hydrogens (tertiary/aromatic N) is 2. The van der Waals surface area contributed by atoms with Gasteiger partial charge in [-0.05, 0) is 15.9 Å². The quantitative estimate of drug-likeness (QED) is 0.889. The first-order valence-electron chi connectivity index (χ1n) is 3.68. The van der Waals surface area contributed by atoms with E-state index in [2.05, 4.69) is 25.9 Å². The fourth-order valence-corrected chi connectivity index (χ4v) is 0.962. The summed E-state index contributed by atoms with van der Waals surface area (Å²) in [5.41, 5.74) is 4.90. The summed E-state index contributed by atoms with van der Waals surface area (Å²) in [6.07, 6.45) is -2.05. The van der Waals surface area contributed by atoms with Crippen LogP contribution in [0.2, 0.25) is 0 Å². The lowest BCUT2D eigenvalue weighted by atomic mass is 10.2. The molecule has 0 spiro atoms. The SMILES string of the molecule is NC(Cc1ncc(Br)cn1)C(F)(F)F. The molecule has 0 bridgehead atoms. The second kappa shape index (κ2) is 4.22. The minimum absolute atomic E-state index is 0.0815. The molecule has 0 aliphatic carbocycles. The molecule has 1 aromatic heterocycles. The van der Waals surface area contributed by atoms with Gasteiger partial charge in [0.15, 0.2) is 0 Å². The molecular weight excluding hydrogens is 263 g/mol. The van der Waals surface area contributed by atoms with E-state index in [0.717, 1.165) is 0 Å². The molecule has 1 heterocycles. The Labute approximate surface area is 86.7 Å². The van der Waals surface area contributed by atoms with E-state index in [0.29, 0.717) is 4.47 Å². The fraction of sp³-hybridized carbons (Fsp3) is 0.429. The van der Waals surface area contributed by atoms with Gasteiger partial charge >= 0.3 is 6.18 Å². The lowest BCUT2D eigenvalue weighted by Crippen LogP contribution is -2.39. The summed E-state index contributed by atoms with van der Waals surface area (Å²) in [7, 11) is 0. The Morgan fingerprint density at radius 3 is 2.29 bits per heavy atom. The monoisotopic (exact) mass is 269 g/mol. The van der Waals surface area contributed by atoms with Crippen molar-refractivity contribution >= 4 is 15.9 Å². The molecule has 0 aliphatic heterocycles. The Kier molecular flexibility index (Phi) is 3.43. The minimum Gasteiger partial charge on any atom is -0.320 e. The fourth-order valence-electron chi connectivity index (χ4n) is 0.757. The molecule has 0 saturated carbocycles. The molecule has 1 unspecified atom stereocenters. The van der Waals surface area contributed by atoms with Crippen molar-refractivity contribution in [2.45, 2.75) is 18.6 Å². The third-order valence-corrected chi connectivity index (χ3v) is 1.91. The highest BCUT2D eigenvalue weighted by atomic mass is 79.9. The summed E-state index contributed by atoms with van der Waals surface area (Å²) in [6, 6.07) is -1.91. The number of aromatic nitrogens is 2. The zero-order valence-corrected chi connectivity index (χ0v) is 8.51. The molecule has 0 amide bonds. The van der Waals surface area contributed by atoms with E-state index in [4.69, 9.17) is 5.73 Å². The first-order chi connectivity index (χ1) is 6.39. The van der Waals surface area contributed by atoms with Gasteiger partial charge < -0.3 is 5.73 Å². The lowest BCUT2D eigenvalue weighted by Gasteiger charge is -2.13. The van der Waals surface area contributed by atoms with Crippen LogP contribution in [0, 0.1) is 0 Å². The van der Waals surface area contributed by atoms with Gasteiger partial charge in [0.2, 0.25) is 0 Å². The van der Waals surface area contributed by atoms with Crippen LogP contribution in [0.25, 0.3) is 0 Å². The summed E-state index contributed by atoms with van der Waals surface area (Å²) in [5.74, 6) is 0.0815. The molecular formula is C7H7BrF3N3. The van der Waals surface area contributed by atoms with Gasteiger partial charge in [-0.15, -0.1) is 0 Å². The van der Waals surface area contributed by atoms with Crippen molar-refractivity contribution in [3.8, 4) is 0 Å². The van der Waals surface area contributed by atoms with Crippen molar-refractivity contribution < 1.29 is 13.2 Å². The van der Waals surface area contributed by atoms with Gasteiger partial charge in [-0.2, -0.15) is 13.2 Å². The number of alkyl halides is 3. The molecule has 0 saturated heterocycles. The molecule has 7 heteroatoms. The maximum absolute atomic E-state index is 12.0. The van der Waals surface area contributed by atoms with Gasteiger partial charge in [0.05, 0.1) is 4.47 Å². The van der Waals surface area contributed by atoms with Crippen molar-refractivity contribution in [1.29, 1.82) is 0 Å². The predicted octanol–water partition coefficient (Wildman–Crippen LogP) is 1.67. The van der Waals surface area contributed by atoms with Crippen LogP contribution in [0.4, 0.5) is 13.2 Å². The minimum atomic E-state index is -4.41. The maximum atomic E-state index is 12.0. The van der Waals surface area contributed by atoms with Crippen LogP contribution < -0.4 is 5.73 Å². The van der Waals surface area contributed by atoms with Crippen LogP contribution in [0.15, 0.2) is 16.9 Å². The number of rotatable bonds is 2. The molecule has 3 nitrogen and oxygen atoms in total. The second-order valence-corrected chi connectivity index (χ2v) is 3.59. The Morgan fingerprint density at radius 1 is 1.36 bits per heavy atom. The van der Waals surface area contributed by atoms with Crippen LogP contribution in [0.5, 0.6) is 0 Å². The summed E-state index contributed by atoms with van der Waals surface area (Å²) >= 11 is 3.07. The highest BCUT2D eigenvalue weighted by molar-refractivity contribution is 9.10. The highest BCUT2D eigenvalue weighted by Crippen LogP contribution is 2.20. The third-order valence-electron chi connectivity index (χ3n) is 1.50. The van der Waals surface area contributed by atoms with Crippen LogP contribution in [-0.4, -0.2) is 22.2 Å². The average molecular weight is 270 g/mol. The van der Waals surface area contributed by atoms with Gasteiger partial charge in [0, 0.05) is 18.8 Å². The van der Waals surface area contributed by atoms with Crippen molar-refractivity contribution in [1.82, 2.24) is 9.97 Å². The van der Waals surface area contributed by atoms with Gasteiger partial charge in [0.25, 0.3) is 0 Å². The van der Waals surface area contributed by atoms with E-state index in [1.54, 1.807) is 0 Å². The molecule has 2 N–H and O–H groups in total. The zero-order chi connectivity index (χ0) is 10.8. The lowest BCUT2D eigenvalue weighted by molar-refractivity contribution is -0.147. The van der Waals surface area contributed by atoms with Crippen molar-refractivity contribution in [3.63, 3.8) is 0 Å². The normalized spacial score (nSPS) is 14.1. The van der Waals surface area contributed by atoms with Gasteiger partial charge in [-0.25, -0.2) is 9.97 Å². The first-order valence-corrected chi connectivity index (χ1v) is 4.47. The molecule has 78 valence electrons. The Hall–Kier alpha value is -0.690. The van der Waals surface area contributed by atoms with Crippen molar-refractivity contribution in [2.24, 2.45) is 5.73 Å². The third kappa shape index (κ3) is 3.22. The molecule has 0 aliphatic rings. The molecule has 1 aromatic rings. The molecule has 0 fully saturated rings. The standard InChI is InChI=1S/C7H7BrF3N3/c8-4-2-13-6(14-3-4)1-5(12)7(9,10)11/h2-3,5H,1,12H2. The van der Waals surface area contributed by atoms with Crippen molar-refractivity contribution in [3.05, 3.63) is 22.7 Å². The van der Waals surface area contributed by atoms with E-state index in [-0.39, 0.29) is 5.82 Å². The van der Waals surface area contributed by atoms with Crippen molar-refractivity contribution in [2.75, 3.05) is 0 Å². The van der Waals surface area contributed by atoms with Gasteiger partial charge in [0.1, 0.15) is 11.9 Å². The van der Waals surface area contributed by atoms with E-state index < -0.39 is 18.6 Å². The number of nitrogens with two attached hydrogens (primary N) is 1. The summed E-state index contributed by atoms with van der Waals surface area (Å²) in [6.45, 7) is 0. The molecule has 14 heavy (non-hydrogen) atoms. The smallest absolute Gasteiger partial charge is 0.320 e. The highest BCUT2D eigenvalue weighted by Gasteiger charge is 2.37. The van der Waals surface area contributed by atoms with Gasteiger partial charge in [-0.3, -0.25) is 0 Å². The number of hydrogen-bond acceptors (Lipinski definition) is 3. The van der Waals surface area contributed by atoms with Crippen LogP contribution in [0.1, 0.15) is 5.82 Å². The summed E-state index contributed by atoms with van der Waals surface area (Å²) in [5, 5.41) is 0. The van der Waals surface area contributed by atoms with Crippen LogP contribution in [-0.2, 0) is 6.42 Å². The van der Waals surface area contributed by atoms with Gasteiger partial charge in [-0.1, -0.05) is 0 Å². The molecule has 0 radical (unpaired) electrons. The largest absolute Gasteiger partial charge is 0.404 e. The molecule has 1 atom stereocenters. The first kappa shape index (κ1) is 11.4. The number of hydrogen-bond donors (Lipinski definition) is 1. The Bertz CT molecular complexity index is 298. The molecule has 0 aromatic carbocycles. The van der Waals surface area contributed by atoms with Crippen LogP contribution >= 0.6 is 15.9 Å². The summed E-state index contributed by atoms with van der Waals surface area (Å²) < 4.78 is 36.7. The van der Waals surface area contributed by atoms with E-state index in [9.17, 15) is 13.2 Å². The zero-order valence-electron chi connectivity index (χ0n) is 6.92. The molecule has 1 rings (SSSR count). The topological polar surface area (TPSA) is 51.8 Å². The van der Waals surface area contributed by atoms with E-state index in [1.807, 2.05) is 0 Å².